The van der Waals surface area contributed by atoms with Crippen molar-refractivity contribution in [2.75, 3.05) is 11.9 Å². The smallest absolute Gasteiger partial charge is 0.418 e. The van der Waals surface area contributed by atoms with Gasteiger partial charge in [0.15, 0.2) is 12.4 Å². The summed E-state index contributed by atoms with van der Waals surface area (Å²) in [5.74, 6) is -1.67. The van der Waals surface area contributed by atoms with Gasteiger partial charge in [-0.1, -0.05) is 23.7 Å². The number of nitrogens with two attached hydrogens (primary N) is 1. The number of hydrogen-bond donors (Lipinski definition) is 2. The first kappa shape index (κ1) is 26.7. The average molecular weight is 538 g/mol. The maximum absolute atomic E-state index is 13.4. The number of amides is 1. The van der Waals surface area contributed by atoms with E-state index in [1.54, 1.807) is 0 Å². The van der Waals surface area contributed by atoms with E-state index in [0.717, 1.165) is 12.1 Å². The zero-order chi connectivity index (χ0) is 26.7. The number of hydrogen-bond acceptors (Lipinski definition) is 6. The lowest BCUT2D eigenvalue weighted by molar-refractivity contribution is -0.137. The number of carbonyl (C=O) groups is 2. The SMILES string of the molecule is N#Cc1cccc(C(=O)c2cc(Cl)ccc2OCC(=O)Nc2ccc(S(N)(=O)=O)cc2C(F)(F)F)c1. The Morgan fingerprint density at radius 3 is 2.44 bits per heavy atom. The third-order valence-electron chi connectivity index (χ3n) is 4.70. The van der Waals surface area contributed by atoms with Crippen LogP contribution in [0, 0.1) is 11.3 Å². The second kappa shape index (κ2) is 10.4. The third kappa shape index (κ3) is 6.39. The van der Waals surface area contributed by atoms with Gasteiger partial charge in [0.1, 0.15) is 5.75 Å². The minimum Gasteiger partial charge on any atom is -0.483 e. The van der Waals surface area contributed by atoms with E-state index < -0.39 is 50.6 Å². The number of nitrogens with one attached hydrogen (secondary N) is 1. The summed E-state index contributed by atoms with van der Waals surface area (Å²) in [5.41, 5.74) is -1.81. The molecule has 0 aliphatic heterocycles. The maximum atomic E-state index is 13.4. The second-order valence-electron chi connectivity index (χ2n) is 7.25. The molecule has 1 amide bonds. The van der Waals surface area contributed by atoms with E-state index in [1.165, 1.54) is 42.5 Å². The number of ether oxygens (including phenoxy) is 1. The Morgan fingerprint density at radius 1 is 1.08 bits per heavy atom. The highest BCUT2D eigenvalue weighted by Crippen LogP contribution is 2.36. The van der Waals surface area contributed by atoms with Crippen molar-refractivity contribution in [3.63, 3.8) is 0 Å². The molecule has 0 radical (unpaired) electrons. The molecule has 0 saturated carbocycles. The van der Waals surface area contributed by atoms with Gasteiger partial charge in [-0.15, -0.1) is 0 Å². The van der Waals surface area contributed by atoms with E-state index in [0.29, 0.717) is 6.07 Å². The number of benzene rings is 3. The first-order valence-electron chi connectivity index (χ1n) is 9.80. The molecule has 186 valence electrons. The highest BCUT2D eigenvalue weighted by molar-refractivity contribution is 7.89. The van der Waals surface area contributed by atoms with Crippen molar-refractivity contribution in [3.8, 4) is 11.8 Å². The summed E-state index contributed by atoms with van der Waals surface area (Å²) < 4.78 is 68.5. The Labute approximate surface area is 208 Å². The molecule has 0 fully saturated rings. The van der Waals surface area contributed by atoms with Crippen LogP contribution in [0.15, 0.2) is 65.6 Å². The van der Waals surface area contributed by atoms with Crippen LogP contribution in [-0.2, 0) is 21.0 Å². The zero-order valence-electron chi connectivity index (χ0n) is 18.0. The number of nitrogens with zero attached hydrogens (tertiary/aromatic N) is 1. The first-order chi connectivity index (χ1) is 16.8. The summed E-state index contributed by atoms with van der Waals surface area (Å²) in [4.78, 5) is 24.5. The van der Waals surface area contributed by atoms with Gasteiger partial charge in [0.05, 0.1) is 33.3 Å². The van der Waals surface area contributed by atoms with Gasteiger partial charge in [0.25, 0.3) is 5.91 Å². The van der Waals surface area contributed by atoms with Gasteiger partial charge in [-0.3, -0.25) is 9.59 Å². The van der Waals surface area contributed by atoms with Crippen molar-refractivity contribution < 1.29 is 35.9 Å². The third-order valence-corrected chi connectivity index (χ3v) is 5.84. The molecular weight excluding hydrogens is 523 g/mol. The summed E-state index contributed by atoms with van der Waals surface area (Å²) >= 11 is 5.98. The Morgan fingerprint density at radius 2 is 1.81 bits per heavy atom. The van der Waals surface area contributed by atoms with Gasteiger partial charge in [-0.2, -0.15) is 18.4 Å². The molecule has 0 atom stereocenters. The lowest BCUT2D eigenvalue weighted by atomic mass is 10.0. The van der Waals surface area contributed by atoms with E-state index in [2.05, 4.69) is 0 Å². The molecular formula is C23H15ClF3N3O5S. The number of nitriles is 1. The Kier molecular flexibility index (Phi) is 7.68. The fraction of sp³-hybridized carbons (Fsp3) is 0.0870. The highest BCUT2D eigenvalue weighted by atomic mass is 35.5. The number of ketones is 1. The molecule has 3 rings (SSSR count). The number of alkyl halides is 3. The van der Waals surface area contributed by atoms with Crippen LogP contribution in [0.25, 0.3) is 0 Å². The molecule has 0 bridgehead atoms. The number of halogens is 4. The van der Waals surface area contributed by atoms with Crippen LogP contribution in [0.4, 0.5) is 18.9 Å². The molecule has 0 aromatic heterocycles. The Hall–Kier alpha value is -3.92. The topological polar surface area (TPSA) is 139 Å². The molecule has 8 nitrogen and oxygen atoms in total. The molecule has 0 heterocycles. The van der Waals surface area contributed by atoms with Gasteiger partial charge in [-0.05, 0) is 48.5 Å². The Bertz CT molecular complexity index is 1500. The molecule has 0 spiro atoms. The predicted octanol–water partition coefficient (Wildman–Crippen LogP) is 4.13. The van der Waals surface area contributed by atoms with Gasteiger partial charge in [0.2, 0.25) is 10.0 Å². The molecule has 0 unspecified atom stereocenters. The normalized spacial score (nSPS) is 11.4. The number of primary sulfonamides is 1. The quantitative estimate of drug-likeness (QED) is 0.434. The van der Waals surface area contributed by atoms with Gasteiger partial charge >= 0.3 is 6.18 Å². The highest BCUT2D eigenvalue weighted by Gasteiger charge is 2.35. The van der Waals surface area contributed by atoms with Crippen LogP contribution in [0.3, 0.4) is 0 Å². The van der Waals surface area contributed by atoms with Gasteiger partial charge < -0.3 is 10.1 Å². The number of sulfonamides is 1. The minimum absolute atomic E-state index is 0.0427. The molecule has 36 heavy (non-hydrogen) atoms. The van der Waals surface area contributed by atoms with Crippen molar-refractivity contribution >= 4 is 39.0 Å². The van der Waals surface area contributed by atoms with Crippen LogP contribution in [0.1, 0.15) is 27.0 Å². The molecule has 3 aromatic rings. The van der Waals surface area contributed by atoms with Crippen LogP contribution in [0.5, 0.6) is 5.75 Å². The van der Waals surface area contributed by atoms with Crippen molar-refractivity contribution in [2.45, 2.75) is 11.1 Å². The summed E-state index contributed by atoms with van der Waals surface area (Å²) in [7, 11) is -4.42. The van der Waals surface area contributed by atoms with Crippen LogP contribution in [0.2, 0.25) is 5.02 Å². The van der Waals surface area contributed by atoms with Gasteiger partial charge in [-0.25, -0.2) is 13.6 Å². The predicted molar refractivity (Wildman–Crippen MR) is 123 cm³/mol. The van der Waals surface area contributed by atoms with Crippen LogP contribution >= 0.6 is 11.6 Å². The summed E-state index contributed by atoms with van der Waals surface area (Å²) in [6.07, 6.45) is -5.00. The largest absolute Gasteiger partial charge is 0.483 e. The van der Waals surface area contributed by atoms with Crippen LogP contribution < -0.4 is 15.2 Å². The monoisotopic (exact) mass is 537 g/mol. The minimum atomic E-state index is -5.00. The molecule has 13 heteroatoms. The molecule has 3 aromatic carbocycles. The van der Waals surface area contributed by atoms with E-state index in [4.69, 9.17) is 26.7 Å². The van der Waals surface area contributed by atoms with E-state index >= 15 is 0 Å². The van der Waals surface area contributed by atoms with E-state index in [1.807, 2.05) is 11.4 Å². The van der Waals surface area contributed by atoms with E-state index in [9.17, 15) is 31.2 Å². The standard InChI is InChI=1S/C23H15ClF3N3O5S/c24-15-4-7-20(17(9-15)22(32)14-3-1-2-13(8-14)11-28)35-12-21(31)30-19-6-5-16(36(29,33)34)10-18(19)23(25,26)27/h1-10H,12H2,(H,30,31)(H2,29,33,34). The first-order valence-corrected chi connectivity index (χ1v) is 11.7. The lowest BCUT2D eigenvalue weighted by Gasteiger charge is -2.16. The molecule has 0 aliphatic rings. The molecule has 0 aliphatic carbocycles. The number of rotatable bonds is 7. The van der Waals surface area contributed by atoms with Crippen molar-refractivity contribution in [1.82, 2.24) is 0 Å². The fourth-order valence-corrected chi connectivity index (χ4v) is 3.78. The molecule has 0 saturated heterocycles. The Balaban J connectivity index is 1.83. The van der Waals surface area contributed by atoms with Gasteiger partial charge in [0, 0.05) is 10.6 Å². The van der Waals surface area contributed by atoms with Crippen molar-refractivity contribution in [2.24, 2.45) is 5.14 Å². The number of anilines is 1. The zero-order valence-corrected chi connectivity index (χ0v) is 19.5. The average Bonchev–Trinajstić information content (AvgIpc) is 2.81. The summed E-state index contributed by atoms with van der Waals surface area (Å²) in [6.45, 7) is -0.797. The molecule has 3 N–H and O–H groups in total. The summed E-state index contributed by atoms with van der Waals surface area (Å²) in [5, 5.41) is 16.1. The van der Waals surface area contributed by atoms with Crippen LogP contribution in [-0.4, -0.2) is 26.7 Å². The van der Waals surface area contributed by atoms with E-state index in [-0.39, 0.29) is 27.5 Å². The fourth-order valence-electron chi connectivity index (χ4n) is 3.06. The number of carbonyl (C=O) groups excluding carboxylic acids is 2. The lowest BCUT2D eigenvalue weighted by Crippen LogP contribution is -2.23. The maximum Gasteiger partial charge on any atom is 0.418 e. The summed E-state index contributed by atoms with van der Waals surface area (Å²) in [6, 6.07) is 13.6. The second-order valence-corrected chi connectivity index (χ2v) is 9.25. The van der Waals surface area contributed by atoms with Crippen molar-refractivity contribution in [3.05, 3.63) is 87.9 Å². The van der Waals surface area contributed by atoms with Crippen molar-refractivity contribution in [1.29, 1.82) is 5.26 Å².